The molecule has 0 saturated carbocycles. The lowest BCUT2D eigenvalue weighted by atomic mass is 9.88. The van der Waals surface area contributed by atoms with Gasteiger partial charge in [0.15, 0.2) is 0 Å². The van der Waals surface area contributed by atoms with Crippen LogP contribution in [0.2, 0.25) is 0 Å². The van der Waals surface area contributed by atoms with Crippen molar-refractivity contribution in [3.8, 4) is 0 Å². The fraction of sp³-hybridized carbons (Fsp3) is 0.647. The Balaban J connectivity index is 2.10. The van der Waals surface area contributed by atoms with E-state index in [0.717, 1.165) is 5.56 Å². The second-order valence-corrected chi connectivity index (χ2v) is 7.65. The molecule has 6 heteroatoms. The molecule has 6 nitrogen and oxygen atoms in total. The van der Waals surface area contributed by atoms with Crippen molar-refractivity contribution in [3.63, 3.8) is 0 Å². The SMILES string of the molecule is CC(C)(C)OC(=O)NC1CC(c2ccncc2N)OC(C)(C)C1. The lowest BCUT2D eigenvalue weighted by Crippen LogP contribution is -2.48. The van der Waals surface area contributed by atoms with E-state index in [0.29, 0.717) is 18.5 Å². The van der Waals surface area contributed by atoms with Crippen molar-refractivity contribution in [1.82, 2.24) is 10.3 Å². The predicted octanol–water partition coefficient (Wildman–Crippen LogP) is 3.19. The molecule has 128 valence electrons. The van der Waals surface area contributed by atoms with Gasteiger partial charge in [-0.2, -0.15) is 0 Å². The summed E-state index contributed by atoms with van der Waals surface area (Å²) in [6.07, 6.45) is 4.11. The third kappa shape index (κ3) is 5.10. The first-order valence-corrected chi connectivity index (χ1v) is 7.92. The van der Waals surface area contributed by atoms with E-state index in [1.54, 1.807) is 12.4 Å². The number of anilines is 1. The standard InChI is InChI=1S/C17H27N3O3/c1-16(2,3)23-15(21)20-11-8-14(22-17(4,5)9-11)12-6-7-19-10-13(12)18/h6-7,10-11,14H,8-9,18H2,1-5H3,(H,20,21). The predicted molar refractivity (Wildman–Crippen MR) is 88.9 cm³/mol. The van der Waals surface area contributed by atoms with Gasteiger partial charge in [0.25, 0.3) is 0 Å². The smallest absolute Gasteiger partial charge is 0.407 e. The van der Waals surface area contributed by atoms with Crippen molar-refractivity contribution in [2.24, 2.45) is 0 Å². The van der Waals surface area contributed by atoms with Crippen LogP contribution in [0.4, 0.5) is 10.5 Å². The minimum absolute atomic E-state index is 0.0360. The molecule has 0 bridgehead atoms. The van der Waals surface area contributed by atoms with Crippen LogP contribution in [-0.4, -0.2) is 28.3 Å². The van der Waals surface area contributed by atoms with Gasteiger partial charge in [0.2, 0.25) is 0 Å². The molecular weight excluding hydrogens is 294 g/mol. The van der Waals surface area contributed by atoms with Crippen LogP contribution >= 0.6 is 0 Å². The Morgan fingerprint density at radius 2 is 2.17 bits per heavy atom. The van der Waals surface area contributed by atoms with Gasteiger partial charge in [-0.1, -0.05) is 0 Å². The summed E-state index contributed by atoms with van der Waals surface area (Å²) in [5, 5.41) is 2.95. The maximum atomic E-state index is 12.0. The number of nitrogens with one attached hydrogen (secondary N) is 1. The van der Waals surface area contributed by atoms with E-state index in [1.165, 1.54) is 0 Å². The molecule has 1 aromatic rings. The van der Waals surface area contributed by atoms with Crippen molar-refractivity contribution in [3.05, 3.63) is 24.0 Å². The number of alkyl carbamates (subject to hydrolysis) is 1. The van der Waals surface area contributed by atoms with Gasteiger partial charge in [0.05, 0.1) is 23.6 Å². The number of nitrogens with two attached hydrogens (primary N) is 1. The molecule has 23 heavy (non-hydrogen) atoms. The molecule has 0 aromatic carbocycles. The normalized spacial score (nSPS) is 24.0. The summed E-state index contributed by atoms with van der Waals surface area (Å²) < 4.78 is 11.5. The van der Waals surface area contributed by atoms with E-state index in [-0.39, 0.29) is 17.7 Å². The number of amides is 1. The molecule has 1 fully saturated rings. The summed E-state index contributed by atoms with van der Waals surface area (Å²) in [5.41, 5.74) is 6.65. The van der Waals surface area contributed by atoms with Crippen LogP contribution in [-0.2, 0) is 9.47 Å². The maximum absolute atomic E-state index is 12.0. The first kappa shape index (κ1) is 17.5. The number of nitrogen functional groups attached to an aromatic ring is 1. The molecule has 2 rings (SSSR count). The van der Waals surface area contributed by atoms with E-state index in [1.807, 2.05) is 40.7 Å². The molecule has 3 N–H and O–H groups in total. The summed E-state index contributed by atoms with van der Waals surface area (Å²) in [5.74, 6) is 0. The summed E-state index contributed by atoms with van der Waals surface area (Å²) in [6.45, 7) is 9.57. The number of hydrogen-bond donors (Lipinski definition) is 2. The van der Waals surface area contributed by atoms with Crippen molar-refractivity contribution in [2.45, 2.75) is 70.8 Å². The van der Waals surface area contributed by atoms with E-state index in [4.69, 9.17) is 15.2 Å². The Morgan fingerprint density at radius 1 is 1.48 bits per heavy atom. The van der Waals surface area contributed by atoms with Crippen molar-refractivity contribution < 1.29 is 14.3 Å². The maximum Gasteiger partial charge on any atom is 0.407 e. The molecule has 0 radical (unpaired) electrons. The van der Waals surface area contributed by atoms with Gasteiger partial charge in [-0.15, -0.1) is 0 Å². The molecule has 2 unspecified atom stereocenters. The molecule has 1 amide bonds. The average molecular weight is 321 g/mol. The Bertz CT molecular complexity index is 566. The van der Waals surface area contributed by atoms with Gasteiger partial charge in [-0.05, 0) is 53.5 Å². The quantitative estimate of drug-likeness (QED) is 0.873. The Kier molecular flexibility index (Phi) is 4.84. The monoisotopic (exact) mass is 321 g/mol. The van der Waals surface area contributed by atoms with Crippen LogP contribution in [0.3, 0.4) is 0 Å². The largest absolute Gasteiger partial charge is 0.444 e. The van der Waals surface area contributed by atoms with E-state index in [2.05, 4.69) is 10.3 Å². The third-order valence-corrected chi connectivity index (χ3v) is 3.65. The Morgan fingerprint density at radius 3 is 2.78 bits per heavy atom. The summed E-state index contributed by atoms with van der Waals surface area (Å²) in [6, 6.07) is 1.83. The molecule has 0 aliphatic carbocycles. The van der Waals surface area contributed by atoms with Gasteiger partial charge in [0, 0.05) is 17.8 Å². The van der Waals surface area contributed by atoms with Crippen molar-refractivity contribution in [2.75, 3.05) is 5.73 Å². The van der Waals surface area contributed by atoms with Gasteiger partial charge in [0.1, 0.15) is 5.60 Å². The summed E-state index contributed by atoms with van der Waals surface area (Å²) >= 11 is 0. The molecule has 2 heterocycles. The first-order valence-electron chi connectivity index (χ1n) is 7.92. The minimum Gasteiger partial charge on any atom is -0.444 e. The number of hydrogen-bond acceptors (Lipinski definition) is 5. The Labute approximate surface area is 137 Å². The third-order valence-electron chi connectivity index (χ3n) is 3.65. The van der Waals surface area contributed by atoms with Crippen LogP contribution in [0.25, 0.3) is 0 Å². The molecule has 1 aliphatic rings. The van der Waals surface area contributed by atoms with E-state index < -0.39 is 11.7 Å². The number of nitrogens with zero attached hydrogens (tertiary/aromatic N) is 1. The Hall–Kier alpha value is -1.82. The zero-order valence-corrected chi connectivity index (χ0v) is 14.6. The van der Waals surface area contributed by atoms with Crippen molar-refractivity contribution in [1.29, 1.82) is 0 Å². The van der Waals surface area contributed by atoms with Crippen molar-refractivity contribution >= 4 is 11.8 Å². The van der Waals surface area contributed by atoms with Gasteiger partial charge in [-0.3, -0.25) is 4.98 Å². The lowest BCUT2D eigenvalue weighted by molar-refractivity contribution is -0.118. The van der Waals surface area contributed by atoms with Gasteiger partial charge in [-0.25, -0.2) is 4.79 Å². The molecule has 1 aliphatic heterocycles. The van der Waals surface area contributed by atoms with Crippen LogP contribution in [0.1, 0.15) is 59.1 Å². The molecule has 1 aromatic heterocycles. The zero-order chi connectivity index (χ0) is 17.3. The first-order chi connectivity index (χ1) is 10.6. The highest BCUT2D eigenvalue weighted by Crippen LogP contribution is 2.38. The minimum atomic E-state index is -0.514. The average Bonchev–Trinajstić information content (AvgIpc) is 2.34. The van der Waals surface area contributed by atoms with Crippen LogP contribution in [0, 0.1) is 0 Å². The van der Waals surface area contributed by atoms with E-state index in [9.17, 15) is 4.79 Å². The van der Waals surface area contributed by atoms with E-state index >= 15 is 0 Å². The summed E-state index contributed by atoms with van der Waals surface area (Å²) in [4.78, 5) is 16.1. The molecule has 1 saturated heterocycles. The highest BCUT2D eigenvalue weighted by molar-refractivity contribution is 5.68. The zero-order valence-electron chi connectivity index (χ0n) is 14.6. The second-order valence-electron chi connectivity index (χ2n) is 7.65. The number of pyridine rings is 1. The fourth-order valence-electron chi connectivity index (χ4n) is 2.90. The van der Waals surface area contributed by atoms with Crippen LogP contribution in [0.5, 0.6) is 0 Å². The van der Waals surface area contributed by atoms with Crippen LogP contribution < -0.4 is 11.1 Å². The number of carbonyl (C=O) groups excluding carboxylic acids is 1. The topological polar surface area (TPSA) is 86.5 Å². The number of aromatic nitrogens is 1. The number of ether oxygens (including phenoxy) is 2. The number of carbonyl (C=O) groups is 1. The van der Waals surface area contributed by atoms with Crippen LogP contribution in [0.15, 0.2) is 18.5 Å². The number of rotatable bonds is 2. The fourth-order valence-corrected chi connectivity index (χ4v) is 2.90. The van der Waals surface area contributed by atoms with Gasteiger partial charge >= 0.3 is 6.09 Å². The highest BCUT2D eigenvalue weighted by atomic mass is 16.6. The second kappa shape index (κ2) is 6.35. The highest BCUT2D eigenvalue weighted by Gasteiger charge is 2.37. The van der Waals surface area contributed by atoms with Gasteiger partial charge < -0.3 is 20.5 Å². The molecule has 2 atom stereocenters. The molecule has 0 spiro atoms. The molecular formula is C17H27N3O3. The lowest BCUT2D eigenvalue weighted by Gasteiger charge is -2.41. The summed E-state index contributed by atoms with van der Waals surface area (Å²) in [7, 11) is 0.